The maximum Gasteiger partial charge on any atom is 0.414 e. The summed E-state index contributed by atoms with van der Waals surface area (Å²) in [7, 11) is 1.59. The van der Waals surface area contributed by atoms with Crippen LogP contribution in [-0.4, -0.2) is 115 Å². The van der Waals surface area contributed by atoms with E-state index in [4.69, 9.17) is 64.1 Å². The van der Waals surface area contributed by atoms with Crippen LogP contribution in [0.25, 0.3) is 0 Å². The van der Waals surface area contributed by atoms with Crippen molar-refractivity contribution in [2.75, 3.05) is 33.3 Å². The molecule has 0 bridgehead atoms. The van der Waals surface area contributed by atoms with Gasteiger partial charge in [-0.15, -0.1) is 0 Å². The number of para-hydroxylation sites is 1. The molecule has 0 aliphatic carbocycles. The van der Waals surface area contributed by atoms with E-state index >= 15 is 0 Å². The Bertz CT molecular complexity index is 1360. The fraction of sp³-hybridized carbons (Fsp3) is 0.226. The fourth-order valence-corrected chi connectivity index (χ4v) is 4.17. The fourth-order valence-electron chi connectivity index (χ4n) is 4.17. The minimum atomic E-state index is -1.82. The summed E-state index contributed by atoms with van der Waals surface area (Å²) in [5.41, 5.74) is 3.58. The number of carboxylic acids is 6. The first-order valence-corrected chi connectivity index (χ1v) is 13.5. The number of aliphatic carboxylic acids is 6. The zero-order chi connectivity index (χ0) is 35.5. The van der Waals surface area contributed by atoms with E-state index in [9.17, 15) is 5.11 Å². The molecule has 1 saturated heterocycles. The Balaban J connectivity index is 0.000000504. The molecule has 1 aliphatic rings. The third kappa shape index (κ3) is 14.1. The van der Waals surface area contributed by atoms with Crippen molar-refractivity contribution in [1.82, 2.24) is 9.80 Å². The third-order valence-electron chi connectivity index (χ3n) is 6.25. The Kier molecular flexibility index (Phi) is 16.7. The maximum absolute atomic E-state index is 10.4. The Labute approximate surface area is 267 Å². The Hall–Kier alpha value is -6.00. The van der Waals surface area contributed by atoms with Crippen molar-refractivity contribution < 1.29 is 69.2 Å². The maximum atomic E-state index is 10.4. The highest BCUT2D eigenvalue weighted by Crippen LogP contribution is 2.32. The Morgan fingerprint density at radius 3 is 1.32 bits per heavy atom. The summed E-state index contributed by atoms with van der Waals surface area (Å²) in [6, 6.07) is 27.5. The van der Waals surface area contributed by atoms with E-state index in [-0.39, 0.29) is 11.8 Å². The number of carboxylic acid groups (broad SMARTS) is 6. The van der Waals surface area contributed by atoms with Gasteiger partial charge in [0.25, 0.3) is 0 Å². The number of phenols is 1. The molecule has 0 saturated carbocycles. The molecule has 1 aliphatic heterocycles. The van der Waals surface area contributed by atoms with E-state index in [1.165, 1.54) is 11.1 Å². The van der Waals surface area contributed by atoms with Crippen LogP contribution in [0.15, 0.2) is 78.9 Å². The van der Waals surface area contributed by atoms with Crippen LogP contribution in [0.1, 0.15) is 22.7 Å². The van der Waals surface area contributed by atoms with Gasteiger partial charge in [-0.05, 0) is 17.2 Å². The number of hydrogen-bond donors (Lipinski definition) is 7. The van der Waals surface area contributed by atoms with Crippen LogP contribution in [0.2, 0.25) is 0 Å². The molecule has 16 heteroatoms. The van der Waals surface area contributed by atoms with Crippen molar-refractivity contribution >= 4 is 35.8 Å². The first-order chi connectivity index (χ1) is 22.2. The lowest BCUT2D eigenvalue weighted by Crippen LogP contribution is -2.47. The lowest BCUT2D eigenvalue weighted by Gasteiger charge is -2.40. The number of methoxy groups -OCH3 is 1. The zero-order valence-corrected chi connectivity index (χ0v) is 25.0. The average Bonchev–Trinajstić information content (AvgIpc) is 3.05. The molecule has 3 aromatic carbocycles. The van der Waals surface area contributed by atoms with Crippen LogP contribution in [-0.2, 0) is 35.3 Å². The van der Waals surface area contributed by atoms with Gasteiger partial charge in [-0.2, -0.15) is 0 Å². The first kappa shape index (κ1) is 39.0. The van der Waals surface area contributed by atoms with Gasteiger partial charge in [0.2, 0.25) is 0 Å². The predicted octanol–water partition coefficient (Wildman–Crippen LogP) is 1.77. The van der Waals surface area contributed by atoms with Crippen LogP contribution in [0, 0.1) is 0 Å². The van der Waals surface area contributed by atoms with Crippen molar-refractivity contribution in [1.29, 1.82) is 0 Å². The molecule has 47 heavy (non-hydrogen) atoms. The van der Waals surface area contributed by atoms with Crippen molar-refractivity contribution in [3.8, 4) is 11.5 Å². The van der Waals surface area contributed by atoms with Crippen molar-refractivity contribution in [3.63, 3.8) is 0 Å². The molecule has 1 heterocycles. The molecule has 7 N–H and O–H groups in total. The lowest BCUT2D eigenvalue weighted by atomic mass is 9.96. The molecule has 0 radical (unpaired) electrons. The number of rotatable bonds is 6. The summed E-state index contributed by atoms with van der Waals surface area (Å²) in [6.07, 6.45) is 0. The normalized spacial score (nSPS) is 12.4. The van der Waals surface area contributed by atoms with Crippen LogP contribution < -0.4 is 4.74 Å². The van der Waals surface area contributed by atoms with Gasteiger partial charge >= 0.3 is 35.8 Å². The summed E-state index contributed by atoms with van der Waals surface area (Å²) in [4.78, 5) is 59.6. The number of hydrogen-bond acceptors (Lipinski definition) is 10. The SMILES string of the molecule is COc1cccc(CN2CCN(C(c3ccccc3)c3ccccc3)CC2)c1O.O=C(O)C(=O)O.O=C(O)C(=O)O.O=C(O)C(=O)O. The molecule has 0 spiro atoms. The molecule has 0 unspecified atom stereocenters. The highest BCUT2D eigenvalue weighted by atomic mass is 16.5. The highest BCUT2D eigenvalue weighted by molar-refractivity contribution is 6.28. The number of benzene rings is 3. The smallest absolute Gasteiger partial charge is 0.414 e. The summed E-state index contributed by atoms with van der Waals surface area (Å²) in [5.74, 6) is -10.2. The van der Waals surface area contributed by atoms with E-state index < -0.39 is 35.8 Å². The number of ether oxygens (including phenoxy) is 1. The highest BCUT2D eigenvalue weighted by Gasteiger charge is 2.26. The van der Waals surface area contributed by atoms with Gasteiger partial charge < -0.3 is 40.5 Å². The molecule has 0 atom stereocenters. The summed E-state index contributed by atoms with van der Waals surface area (Å²) in [5, 5.41) is 54.7. The van der Waals surface area contributed by atoms with Gasteiger partial charge in [-0.1, -0.05) is 72.8 Å². The van der Waals surface area contributed by atoms with Gasteiger partial charge in [0, 0.05) is 38.3 Å². The predicted molar refractivity (Wildman–Crippen MR) is 162 cm³/mol. The van der Waals surface area contributed by atoms with Gasteiger partial charge in [0.15, 0.2) is 11.5 Å². The monoisotopic (exact) mass is 658 g/mol. The Morgan fingerprint density at radius 2 is 0.979 bits per heavy atom. The molecular weight excluding hydrogens is 624 g/mol. The quantitative estimate of drug-likeness (QED) is 0.186. The third-order valence-corrected chi connectivity index (χ3v) is 6.25. The van der Waals surface area contributed by atoms with Crippen LogP contribution in [0.5, 0.6) is 11.5 Å². The molecule has 4 rings (SSSR count). The number of nitrogens with zero attached hydrogens (tertiary/aromatic N) is 2. The van der Waals surface area contributed by atoms with Crippen LogP contribution in [0.4, 0.5) is 0 Å². The first-order valence-electron chi connectivity index (χ1n) is 13.5. The van der Waals surface area contributed by atoms with Gasteiger partial charge in [0.05, 0.1) is 13.2 Å². The largest absolute Gasteiger partial charge is 0.504 e. The summed E-state index contributed by atoms with van der Waals surface area (Å²) in [6.45, 7) is 4.64. The van der Waals surface area contributed by atoms with Gasteiger partial charge in [-0.25, -0.2) is 28.8 Å². The van der Waals surface area contributed by atoms with E-state index in [1.54, 1.807) is 13.2 Å². The van der Waals surface area contributed by atoms with Gasteiger partial charge in [0.1, 0.15) is 0 Å². The number of aromatic hydroxyl groups is 1. The molecule has 3 aromatic rings. The molecule has 1 fully saturated rings. The van der Waals surface area contributed by atoms with E-state index in [0.717, 1.165) is 38.3 Å². The van der Waals surface area contributed by atoms with E-state index in [1.807, 2.05) is 12.1 Å². The van der Waals surface area contributed by atoms with Crippen LogP contribution in [0.3, 0.4) is 0 Å². The molecular formula is C31H34N2O14. The number of phenolic OH excluding ortho intramolecular Hbond substituents is 1. The minimum absolute atomic E-state index is 0.254. The van der Waals surface area contributed by atoms with Crippen molar-refractivity contribution in [2.45, 2.75) is 12.6 Å². The average molecular weight is 659 g/mol. The minimum Gasteiger partial charge on any atom is -0.504 e. The molecule has 252 valence electrons. The summed E-state index contributed by atoms with van der Waals surface area (Å²) < 4.78 is 5.24. The molecule has 0 amide bonds. The van der Waals surface area contributed by atoms with Crippen molar-refractivity contribution in [2.24, 2.45) is 0 Å². The summed E-state index contributed by atoms with van der Waals surface area (Å²) >= 11 is 0. The topological polar surface area (TPSA) is 260 Å². The second-order valence-electron chi connectivity index (χ2n) is 9.33. The Morgan fingerprint density at radius 1 is 0.596 bits per heavy atom. The standard InChI is InChI=1S/C25H28N2O2.3C2H2O4/c1-29-23-14-8-13-22(25(23)28)19-26-15-17-27(18-16-26)24(20-9-4-2-5-10-20)21-11-6-3-7-12-21;3*3-1(4)2(5)6/h2-14,24,28H,15-19H2,1H3;3*(H,3,4)(H,5,6). The van der Waals surface area contributed by atoms with Crippen LogP contribution >= 0.6 is 0 Å². The lowest BCUT2D eigenvalue weighted by molar-refractivity contribution is -0.159. The van der Waals surface area contributed by atoms with Crippen molar-refractivity contribution in [3.05, 3.63) is 95.6 Å². The second kappa shape index (κ2) is 20.1. The van der Waals surface area contributed by atoms with Gasteiger partial charge in [-0.3, -0.25) is 9.80 Å². The molecule has 16 nitrogen and oxygen atoms in total. The number of carbonyl (C=O) groups is 6. The molecule has 0 aromatic heterocycles. The van der Waals surface area contributed by atoms with E-state index in [0.29, 0.717) is 5.75 Å². The second-order valence-corrected chi connectivity index (χ2v) is 9.33. The number of piperazine rings is 1. The van der Waals surface area contributed by atoms with E-state index in [2.05, 4.69) is 70.5 Å². The zero-order valence-electron chi connectivity index (χ0n) is 25.0.